The minimum absolute atomic E-state index is 0. The van der Waals surface area contributed by atoms with Crippen LogP contribution in [0.25, 0.3) is 0 Å². The van der Waals surface area contributed by atoms with Gasteiger partial charge in [-0.05, 0) is 6.08 Å². The number of allylic oxidation sites excluding steroid dienone is 4. The Hall–Kier alpha value is -1.10. The second-order valence-corrected chi connectivity index (χ2v) is 2.73. The Morgan fingerprint density at radius 3 is 2.62 bits per heavy atom. The lowest BCUT2D eigenvalue weighted by atomic mass is 10.2. The lowest BCUT2D eigenvalue weighted by Gasteiger charge is -2.01. The molecule has 2 aliphatic carbocycles. The highest BCUT2D eigenvalue weighted by Gasteiger charge is 2.31. The third-order valence-electron chi connectivity index (χ3n) is 2.06. The van der Waals surface area contributed by atoms with Gasteiger partial charge in [-0.25, -0.2) is 0 Å². The molecule has 0 atom stereocenters. The number of nitro groups is 1. The Morgan fingerprint density at radius 2 is 2.23 bits per heavy atom. The Kier molecular flexibility index (Phi) is 2.56. The first-order valence-electron chi connectivity index (χ1n) is 3.56. The lowest BCUT2D eigenvalue weighted by molar-refractivity contribution is -0.419. The van der Waals surface area contributed by atoms with Crippen molar-refractivity contribution in [3.05, 3.63) is 44.9 Å². The highest BCUT2D eigenvalue weighted by Crippen LogP contribution is 2.38. The van der Waals surface area contributed by atoms with Gasteiger partial charge in [0.2, 0.25) is 0 Å². The Balaban J connectivity index is 0.000000845. The van der Waals surface area contributed by atoms with Gasteiger partial charge < -0.3 is 4.74 Å². The standard InChI is InChI=1S/C8H7NO3.BrH/c1-12-8-4-5-2-6(8)3-7(5)9(10)11;/h3-4H,2H2,1H3;1H. The van der Waals surface area contributed by atoms with E-state index in [9.17, 15) is 10.1 Å². The molecule has 0 amide bonds. The molecule has 2 aliphatic rings. The van der Waals surface area contributed by atoms with Crippen molar-refractivity contribution >= 4 is 17.0 Å². The van der Waals surface area contributed by atoms with E-state index in [2.05, 4.69) is 0 Å². The topological polar surface area (TPSA) is 52.4 Å². The van der Waals surface area contributed by atoms with Gasteiger partial charge >= 0.3 is 0 Å². The number of ether oxygens (including phenoxy) is 1. The Morgan fingerprint density at radius 1 is 1.54 bits per heavy atom. The molecular weight excluding hydrogens is 238 g/mol. The quantitative estimate of drug-likeness (QED) is 0.552. The van der Waals surface area contributed by atoms with E-state index in [0.717, 1.165) is 16.9 Å². The van der Waals surface area contributed by atoms with Crippen LogP contribution in [0.4, 0.5) is 0 Å². The average Bonchev–Trinajstić information content (AvgIpc) is 2.60. The van der Waals surface area contributed by atoms with Gasteiger partial charge in [0.05, 0.1) is 12.0 Å². The van der Waals surface area contributed by atoms with Gasteiger partial charge in [-0.15, -0.1) is 17.0 Å². The van der Waals surface area contributed by atoms with Crippen LogP contribution in [0.2, 0.25) is 0 Å². The fraction of sp³-hybridized carbons (Fsp3) is 0.250. The zero-order chi connectivity index (χ0) is 8.72. The van der Waals surface area contributed by atoms with E-state index in [4.69, 9.17) is 4.74 Å². The summed E-state index contributed by atoms with van der Waals surface area (Å²) in [5.41, 5.74) is 1.89. The van der Waals surface area contributed by atoms with E-state index in [1.54, 1.807) is 19.3 Å². The number of halogens is 1. The van der Waals surface area contributed by atoms with Crippen LogP contribution in [0.3, 0.4) is 0 Å². The molecule has 0 saturated carbocycles. The molecule has 0 unspecified atom stereocenters. The maximum atomic E-state index is 10.4. The van der Waals surface area contributed by atoms with Gasteiger partial charge in [-0.1, -0.05) is 0 Å². The summed E-state index contributed by atoms with van der Waals surface area (Å²) in [6.45, 7) is 0. The zero-order valence-corrected chi connectivity index (χ0v) is 8.66. The van der Waals surface area contributed by atoms with Crippen LogP contribution < -0.4 is 0 Å². The lowest BCUT2D eigenvalue weighted by Crippen LogP contribution is -1.98. The number of methoxy groups -OCH3 is 1. The summed E-state index contributed by atoms with van der Waals surface area (Å²) in [5, 5.41) is 10.4. The molecule has 13 heavy (non-hydrogen) atoms. The Labute approximate surface area is 85.5 Å². The van der Waals surface area contributed by atoms with E-state index < -0.39 is 0 Å². The summed E-state index contributed by atoms with van der Waals surface area (Å²) in [5.74, 6) is 0.760. The summed E-state index contributed by atoms with van der Waals surface area (Å²) < 4.78 is 5.01. The van der Waals surface area contributed by atoms with Crippen LogP contribution in [-0.2, 0) is 4.74 Å². The van der Waals surface area contributed by atoms with Crippen molar-refractivity contribution < 1.29 is 9.66 Å². The first kappa shape index (κ1) is 9.98. The van der Waals surface area contributed by atoms with Gasteiger partial charge in [0.1, 0.15) is 5.76 Å². The predicted molar refractivity (Wildman–Crippen MR) is 52.1 cm³/mol. The smallest absolute Gasteiger partial charge is 0.273 e. The van der Waals surface area contributed by atoms with Crippen molar-refractivity contribution in [2.75, 3.05) is 7.11 Å². The minimum Gasteiger partial charge on any atom is -0.496 e. The fourth-order valence-corrected chi connectivity index (χ4v) is 1.50. The first-order valence-corrected chi connectivity index (χ1v) is 3.56. The molecule has 0 fully saturated rings. The number of hydrogen-bond donors (Lipinski definition) is 0. The molecule has 0 aromatic heterocycles. The summed E-state index contributed by atoms with van der Waals surface area (Å²) in [6.07, 6.45) is 3.96. The molecule has 2 rings (SSSR count). The van der Waals surface area contributed by atoms with Crippen molar-refractivity contribution in [1.29, 1.82) is 0 Å². The van der Waals surface area contributed by atoms with Crippen molar-refractivity contribution in [2.24, 2.45) is 0 Å². The van der Waals surface area contributed by atoms with Crippen molar-refractivity contribution in [1.82, 2.24) is 0 Å². The van der Waals surface area contributed by atoms with E-state index in [1.165, 1.54) is 0 Å². The van der Waals surface area contributed by atoms with E-state index in [1.807, 2.05) is 0 Å². The van der Waals surface area contributed by atoms with Crippen LogP contribution in [-0.4, -0.2) is 12.0 Å². The van der Waals surface area contributed by atoms with Crippen LogP contribution in [0.5, 0.6) is 0 Å². The molecule has 0 aromatic rings. The van der Waals surface area contributed by atoms with Gasteiger partial charge in [0.15, 0.2) is 0 Å². The normalized spacial score (nSPS) is 17.9. The van der Waals surface area contributed by atoms with Gasteiger partial charge in [0, 0.05) is 23.6 Å². The summed E-state index contributed by atoms with van der Waals surface area (Å²) in [4.78, 5) is 10.1. The third-order valence-corrected chi connectivity index (χ3v) is 2.06. The molecule has 0 radical (unpaired) electrons. The molecule has 0 heterocycles. The highest BCUT2D eigenvalue weighted by molar-refractivity contribution is 8.93. The summed E-state index contributed by atoms with van der Waals surface area (Å²) >= 11 is 0. The minimum atomic E-state index is -0.356. The van der Waals surface area contributed by atoms with Crippen LogP contribution >= 0.6 is 17.0 Å². The maximum Gasteiger partial charge on any atom is 0.273 e. The number of fused-ring (bicyclic) bond motifs is 2. The van der Waals surface area contributed by atoms with Crippen LogP contribution in [0, 0.1) is 10.1 Å². The average molecular weight is 246 g/mol. The number of rotatable bonds is 2. The third kappa shape index (κ3) is 1.39. The predicted octanol–water partition coefficient (Wildman–Crippen LogP) is 1.97. The SMILES string of the molecule is Br.COC1=CC2=C([N+](=O)[O-])C=C1C2. The second-order valence-electron chi connectivity index (χ2n) is 2.73. The van der Waals surface area contributed by atoms with Gasteiger partial charge in [-0.2, -0.15) is 0 Å². The fourth-order valence-electron chi connectivity index (χ4n) is 1.50. The van der Waals surface area contributed by atoms with Crippen LogP contribution in [0.1, 0.15) is 6.42 Å². The number of nitrogens with zero attached hydrogens (tertiary/aromatic N) is 1. The molecule has 0 spiro atoms. The molecule has 0 aromatic carbocycles. The second kappa shape index (κ2) is 3.33. The maximum absolute atomic E-state index is 10.4. The molecule has 0 saturated heterocycles. The highest BCUT2D eigenvalue weighted by atomic mass is 79.9. The summed E-state index contributed by atoms with van der Waals surface area (Å²) in [7, 11) is 1.57. The van der Waals surface area contributed by atoms with Crippen molar-refractivity contribution in [3.63, 3.8) is 0 Å². The molecule has 2 bridgehead atoms. The monoisotopic (exact) mass is 245 g/mol. The first-order chi connectivity index (χ1) is 5.72. The van der Waals surface area contributed by atoms with E-state index >= 15 is 0 Å². The van der Waals surface area contributed by atoms with Gasteiger partial charge in [0.25, 0.3) is 5.70 Å². The summed E-state index contributed by atoms with van der Waals surface area (Å²) in [6, 6.07) is 0. The van der Waals surface area contributed by atoms with E-state index in [0.29, 0.717) is 6.42 Å². The molecule has 0 N–H and O–H groups in total. The molecule has 70 valence electrons. The van der Waals surface area contributed by atoms with Crippen molar-refractivity contribution in [2.45, 2.75) is 6.42 Å². The molecule has 4 nitrogen and oxygen atoms in total. The largest absolute Gasteiger partial charge is 0.496 e. The number of hydrogen-bond acceptors (Lipinski definition) is 3. The zero-order valence-electron chi connectivity index (χ0n) is 6.94. The van der Waals surface area contributed by atoms with Gasteiger partial charge in [-0.3, -0.25) is 10.1 Å². The molecule has 0 aliphatic heterocycles. The van der Waals surface area contributed by atoms with Crippen LogP contribution in [0.15, 0.2) is 34.8 Å². The molecular formula is C8H8BrNO3. The Bertz CT molecular complexity index is 354. The van der Waals surface area contributed by atoms with Crippen molar-refractivity contribution in [3.8, 4) is 0 Å². The molecule has 5 heteroatoms. The van der Waals surface area contributed by atoms with E-state index in [-0.39, 0.29) is 27.6 Å².